The smallest absolute Gasteiger partial charge is 0.404 e. The molecule has 1 heterocycles. The lowest BCUT2D eigenvalue weighted by molar-refractivity contribution is -0.0576. The summed E-state index contributed by atoms with van der Waals surface area (Å²) in [6, 6.07) is 6.10. The number of hydrogen-bond acceptors (Lipinski definition) is 4. The van der Waals surface area contributed by atoms with E-state index in [-0.39, 0.29) is 36.5 Å². The Labute approximate surface area is 214 Å². The molecular formula is C27H43FN4O4. The van der Waals surface area contributed by atoms with Gasteiger partial charge < -0.3 is 31.1 Å². The molecule has 36 heavy (non-hydrogen) atoms. The number of likely N-dealkylation sites (N-methyl/N-ethyl adjacent to an activating group) is 1. The Morgan fingerprint density at radius 1 is 1.17 bits per heavy atom. The maximum absolute atomic E-state index is 14.8. The molecule has 1 saturated heterocycles. The van der Waals surface area contributed by atoms with E-state index in [1.165, 1.54) is 38.2 Å². The monoisotopic (exact) mass is 506 g/mol. The highest BCUT2D eigenvalue weighted by atomic mass is 19.1. The summed E-state index contributed by atoms with van der Waals surface area (Å²) in [4.78, 5) is 25.9. The van der Waals surface area contributed by atoms with E-state index in [9.17, 15) is 19.1 Å². The van der Waals surface area contributed by atoms with Gasteiger partial charge in [0.25, 0.3) is 0 Å². The van der Waals surface area contributed by atoms with Crippen LogP contribution in [0.3, 0.4) is 0 Å². The molecule has 1 saturated carbocycles. The van der Waals surface area contributed by atoms with Crippen LogP contribution in [0.5, 0.6) is 0 Å². The van der Waals surface area contributed by atoms with Gasteiger partial charge in [0.05, 0.1) is 5.60 Å². The number of halogens is 1. The number of aliphatic hydroxyl groups is 1. The number of urea groups is 1. The highest BCUT2D eigenvalue weighted by molar-refractivity contribution is 5.74. The molecule has 3 atom stereocenters. The van der Waals surface area contributed by atoms with Gasteiger partial charge in [-0.1, -0.05) is 50.3 Å². The largest absolute Gasteiger partial charge is 0.465 e. The van der Waals surface area contributed by atoms with E-state index in [2.05, 4.69) is 16.0 Å². The maximum Gasteiger partial charge on any atom is 0.404 e. The molecular weight excluding hydrogens is 463 g/mol. The minimum atomic E-state index is -1.50. The van der Waals surface area contributed by atoms with Gasteiger partial charge in [-0.05, 0) is 51.1 Å². The Bertz CT molecular complexity index is 851. The number of likely N-dealkylation sites (tertiary alicyclic amines) is 1. The van der Waals surface area contributed by atoms with E-state index in [0.29, 0.717) is 44.8 Å². The molecule has 0 spiro atoms. The summed E-state index contributed by atoms with van der Waals surface area (Å²) in [5.74, 6) is -0.216. The zero-order valence-corrected chi connectivity index (χ0v) is 21.5. The molecule has 0 unspecified atom stereocenters. The topological polar surface area (TPSA) is 114 Å². The lowest BCUT2D eigenvalue weighted by Crippen LogP contribution is -2.54. The second-order valence-electron chi connectivity index (χ2n) is 10.5. The third-order valence-electron chi connectivity index (χ3n) is 7.86. The van der Waals surface area contributed by atoms with E-state index in [1.807, 2.05) is 7.05 Å². The van der Waals surface area contributed by atoms with Gasteiger partial charge in [-0.25, -0.2) is 14.0 Å². The van der Waals surface area contributed by atoms with Gasteiger partial charge in [-0.3, -0.25) is 0 Å². The van der Waals surface area contributed by atoms with Crippen molar-refractivity contribution in [3.8, 4) is 0 Å². The minimum Gasteiger partial charge on any atom is -0.465 e. The summed E-state index contributed by atoms with van der Waals surface area (Å²) >= 11 is 0. The second-order valence-corrected chi connectivity index (χ2v) is 10.5. The molecule has 202 valence electrons. The summed E-state index contributed by atoms with van der Waals surface area (Å²) in [5.41, 5.74) is -1.30. The third-order valence-corrected chi connectivity index (χ3v) is 7.86. The number of hydrogen-bond donors (Lipinski definition) is 5. The first kappa shape index (κ1) is 28.2. The van der Waals surface area contributed by atoms with Gasteiger partial charge in [-0.15, -0.1) is 0 Å². The van der Waals surface area contributed by atoms with Crippen LogP contribution in [-0.2, 0) is 5.60 Å². The number of carbonyl (C=O) groups excluding carboxylic acids is 1. The van der Waals surface area contributed by atoms with E-state index in [1.54, 1.807) is 23.1 Å². The summed E-state index contributed by atoms with van der Waals surface area (Å²) in [7, 11) is 1.89. The van der Waals surface area contributed by atoms with Gasteiger partial charge >= 0.3 is 12.1 Å². The number of nitrogens with one attached hydrogen (secondary N) is 3. The number of amides is 3. The van der Waals surface area contributed by atoms with Crippen molar-refractivity contribution < 1.29 is 24.2 Å². The molecule has 5 N–H and O–H groups in total. The van der Waals surface area contributed by atoms with E-state index >= 15 is 0 Å². The predicted octanol–water partition coefficient (Wildman–Crippen LogP) is 4.04. The number of carboxylic acid groups (broad SMARTS) is 1. The Balaban J connectivity index is 1.69. The van der Waals surface area contributed by atoms with Crippen LogP contribution in [0.1, 0.15) is 69.8 Å². The van der Waals surface area contributed by atoms with Crippen molar-refractivity contribution in [3.05, 3.63) is 35.6 Å². The predicted molar refractivity (Wildman–Crippen MR) is 137 cm³/mol. The van der Waals surface area contributed by atoms with Gasteiger partial charge in [0.15, 0.2) is 0 Å². The van der Waals surface area contributed by atoms with Crippen LogP contribution in [-0.4, -0.2) is 66.5 Å². The van der Waals surface area contributed by atoms with Crippen molar-refractivity contribution in [2.24, 2.45) is 11.8 Å². The number of piperidine rings is 1. The quantitative estimate of drug-likeness (QED) is 0.291. The lowest BCUT2D eigenvalue weighted by Gasteiger charge is -2.43. The number of rotatable bonds is 11. The lowest BCUT2D eigenvalue weighted by atomic mass is 9.74. The van der Waals surface area contributed by atoms with Crippen LogP contribution in [0.25, 0.3) is 0 Å². The second kappa shape index (κ2) is 13.8. The summed E-state index contributed by atoms with van der Waals surface area (Å²) in [6.45, 7) is 1.77. The molecule has 0 aromatic heterocycles. The molecule has 1 aromatic carbocycles. The third kappa shape index (κ3) is 7.80. The summed E-state index contributed by atoms with van der Waals surface area (Å²) < 4.78 is 14.8. The highest BCUT2D eigenvalue weighted by Crippen LogP contribution is 2.40. The first-order valence-corrected chi connectivity index (χ1v) is 13.5. The Hall–Kier alpha value is -2.39. The van der Waals surface area contributed by atoms with E-state index in [0.717, 1.165) is 6.42 Å². The zero-order chi connectivity index (χ0) is 26.0. The molecule has 9 heteroatoms. The fraction of sp³-hybridized carbons (Fsp3) is 0.704. The molecule has 1 aromatic rings. The van der Waals surface area contributed by atoms with Crippen LogP contribution in [0.15, 0.2) is 24.3 Å². The Morgan fingerprint density at radius 2 is 1.92 bits per heavy atom. The van der Waals surface area contributed by atoms with Crippen LogP contribution in [0.2, 0.25) is 0 Å². The zero-order valence-electron chi connectivity index (χ0n) is 21.5. The van der Waals surface area contributed by atoms with Crippen LogP contribution >= 0.6 is 0 Å². The van der Waals surface area contributed by atoms with Gasteiger partial charge in [0, 0.05) is 43.7 Å². The number of carbonyl (C=O) groups is 2. The van der Waals surface area contributed by atoms with Crippen molar-refractivity contribution >= 4 is 12.1 Å². The van der Waals surface area contributed by atoms with E-state index in [4.69, 9.17) is 5.11 Å². The van der Waals surface area contributed by atoms with Crippen LogP contribution in [0, 0.1) is 17.7 Å². The van der Waals surface area contributed by atoms with Crippen LogP contribution in [0.4, 0.5) is 14.0 Å². The molecule has 2 fully saturated rings. The fourth-order valence-electron chi connectivity index (χ4n) is 6.01. The normalized spacial score (nSPS) is 21.4. The molecule has 0 radical (unpaired) electrons. The average molecular weight is 507 g/mol. The molecule has 3 amide bonds. The van der Waals surface area contributed by atoms with Gasteiger partial charge in [0.1, 0.15) is 5.82 Å². The number of nitrogens with zero attached hydrogens (tertiary/aromatic N) is 1. The van der Waals surface area contributed by atoms with Crippen molar-refractivity contribution in [1.82, 2.24) is 20.9 Å². The van der Waals surface area contributed by atoms with E-state index < -0.39 is 17.5 Å². The van der Waals surface area contributed by atoms with Crippen LogP contribution < -0.4 is 16.0 Å². The Morgan fingerprint density at radius 3 is 2.61 bits per heavy atom. The van der Waals surface area contributed by atoms with Crippen molar-refractivity contribution in [2.75, 3.05) is 33.2 Å². The molecule has 1 aliphatic carbocycles. The molecule has 1 aliphatic heterocycles. The van der Waals surface area contributed by atoms with Gasteiger partial charge in [-0.2, -0.15) is 0 Å². The SMILES string of the molecule is CNC[C@H](CC1CCCCC1)NC(=O)N1CCC[C@@H]([C@@](O)(CCCNC(=O)O)c2ccccc2F)C1. The molecule has 3 rings (SSSR count). The first-order chi connectivity index (χ1) is 17.3. The molecule has 8 nitrogen and oxygen atoms in total. The maximum atomic E-state index is 14.8. The van der Waals surface area contributed by atoms with Gasteiger partial charge in [0.2, 0.25) is 0 Å². The fourth-order valence-corrected chi connectivity index (χ4v) is 6.01. The Kier molecular flexibility index (Phi) is 10.8. The van der Waals surface area contributed by atoms with Crippen molar-refractivity contribution in [3.63, 3.8) is 0 Å². The first-order valence-electron chi connectivity index (χ1n) is 13.5. The molecule has 0 bridgehead atoms. The van der Waals surface area contributed by atoms with Crippen molar-refractivity contribution in [1.29, 1.82) is 0 Å². The highest BCUT2D eigenvalue weighted by Gasteiger charge is 2.42. The summed E-state index contributed by atoms with van der Waals surface area (Å²) in [6.07, 6.45) is 7.99. The average Bonchev–Trinajstić information content (AvgIpc) is 2.87. The molecule has 2 aliphatic rings. The van der Waals surface area contributed by atoms with Crippen molar-refractivity contribution in [2.45, 2.75) is 75.9 Å². The number of benzene rings is 1. The minimum absolute atomic E-state index is 0.0403. The standard InChI is InChI=1S/C27H43FN4O4/c1-29-18-22(17-20-9-3-2-4-10-20)31-25(33)32-16-7-11-21(19-32)27(36,14-8-15-30-26(34)35)23-12-5-6-13-24(23)28/h5-6,12-13,20-22,29-30,36H,2-4,7-11,14-19H2,1H3,(H,31,33)(H,34,35)/t21-,22+,27+/m1/s1. The summed E-state index contributed by atoms with van der Waals surface area (Å²) in [5, 5.41) is 29.5.